The summed E-state index contributed by atoms with van der Waals surface area (Å²) in [5.41, 5.74) is 2.27. The fourth-order valence-electron chi connectivity index (χ4n) is 3.64. The quantitative estimate of drug-likeness (QED) is 0.423. The van der Waals surface area contributed by atoms with Crippen LogP contribution in [0.1, 0.15) is 62.3 Å². The summed E-state index contributed by atoms with van der Waals surface area (Å²) < 4.78 is 38.8. The largest absolute Gasteiger partial charge is 0.416 e. The van der Waals surface area contributed by atoms with Crippen LogP contribution < -0.4 is 16.0 Å². The van der Waals surface area contributed by atoms with Crippen molar-refractivity contribution in [3.8, 4) is 0 Å². The predicted molar refractivity (Wildman–Crippen MR) is 120 cm³/mol. The van der Waals surface area contributed by atoms with Crippen LogP contribution in [0.15, 0.2) is 48.8 Å². The maximum absolute atomic E-state index is 12.9. The highest BCUT2D eigenvalue weighted by Crippen LogP contribution is 2.41. The van der Waals surface area contributed by atoms with Crippen LogP contribution in [0.5, 0.6) is 0 Å². The number of pyridine rings is 1. The molecule has 3 N–H and O–H groups in total. The number of rotatable bonds is 9. The molecule has 2 aromatic rings. The van der Waals surface area contributed by atoms with Gasteiger partial charge in [0.05, 0.1) is 11.3 Å². The number of carbonyl (C=O) groups is 1. The second-order valence-electron chi connectivity index (χ2n) is 9.23. The number of carbonyl (C=O) groups excluding carboxylic acids is 1. The van der Waals surface area contributed by atoms with E-state index in [1.165, 1.54) is 12.1 Å². The Balaban J connectivity index is 1.71. The van der Waals surface area contributed by atoms with Crippen molar-refractivity contribution in [2.45, 2.75) is 51.7 Å². The first-order chi connectivity index (χ1) is 15.0. The Hall–Kier alpha value is -2.87. The number of alkyl halides is 3. The molecule has 1 amide bonds. The van der Waals surface area contributed by atoms with Gasteiger partial charge in [0, 0.05) is 24.5 Å². The number of nitrogens with one attached hydrogen (secondary N) is 3. The number of aromatic nitrogens is 1. The molecule has 1 saturated carbocycles. The van der Waals surface area contributed by atoms with Crippen LogP contribution in [0, 0.1) is 5.41 Å². The first-order valence-electron chi connectivity index (χ1n) is 10.5. The number of nitrogens with zero attached hydrogens (tertiary/aromatic N) is 1. The van der Waals surface area contributed by atoms with E-state index in [9.17, 15) is 18.0 Å². The van der Waals surface area contributed by atoms with Crippen LogP contribution >= 0.6 is 0 Å². The fourth-order valence-corrected chi connectivity index (χ4v) is 3.64. The smallest absolute Gasteiger partial charge is 0.355 e. The van der Waals surface area contributed by atoms with Gasteiger partial charge in [0.25, 0.3) is 0 Å². The fraction of sp³-hybridized carbons (Fsp3) is 0.417. The number of benzene rings is 1. The van der Waals surface area contributed by atoms with Gasteiger partial charge in [-0.05, 0) is 53.5 Å². The second-order valence-corrected chi connectivity index (χ2v) is 9.23. The lowest BCUT2D eigenvalue weighted by Gasteiger charge is -2.33. The summed E-state index contributed by atoms with van der Waals surface area (Å²) in [6.07, 6.45) is 0.244. The first kappa shape index (κ1) is 23.8. The van der Waals surface area contributed by atoms with Gasteiger partial charge in [0.2, 0.25) is 6.41 Å². The van der Waals surface area contributed by atoms with Gasteiger partial charge in [-0.3, -0.25) is 4.79 Å². The third kappa shape index (κ3) is 6.09. The zero-order valence-electron chi connectivity index (χ0n) is 18.5. The van der Waals surface area contributed by atoms with Crippen molar-refractivity contribution in [3.05, 3.63) is 65.5 Å². The minimum Gasteiger partial charge on any atom is -0.355 e. The zero-order valence-corrected chi connectivity index (χ0v) is 18.5. The van der Waals surface area contributed by atoms with Crippen molar-refractivity contribution in [1.29, 1.82) is 0 Å². The number of hydrogen-bond acceptors (Lipinski definition) is 4. The highest BCUT2D eigenvalue weighted by Gasteiger charge is 2.31. The third-order valence-electron chi connectivity index (χ3n) is 5.42. The topological polar surface area (TPSA) is 66.1 Å². The van der Waals surface area contributed by atoms with Crippen molar-refractivity contribution >= 4 is 17.9 Å². The van der Waals surface area contributed by atoms with Crippen LogP contribution in [0.3, 0.4) is 0 Å². The van der Waals surface area contributed by atoms with E-state index >= 15 is 0 Å². The molecule has 1 aliphatic rings. The molecule has 1 aliphatic carbocycles. The van der Waals surface area contributed by atoms with Crippen LogP contribution in [0.4, 0.5) is 24.7 Å². The molecule has 1 heterocycles. The number of anilines is 2. The van der Waals surface area contributed by atoms with E-state index in [0.29, 0.717) is 36.1 Å². The summed E-state index contributed by atoms with van der Waals surface area (Å²) in [4.78, 5) is 15.3. The van der Waals surface area contributed by atoms with E-state index in [4.69, 9.17) is 0 Å². The maximum atomic E-state index is 12.9. The molecule has 1 atom stereocenters. The maximum Gasteiger partial charge on any atom is 0.416 e. The van der Waals surface area contributed by atoms with Crippen molar-refractivity contribution in [2.75, 3.05) is 17.2 Å². The molecular formula is C24H29F3N4O. The number of amides is 1. The standard InChI is InChI=1S/C24H29F3N4O/c1-15(31-20-11-18(16-5-6-16)13-29-22(20)30-14-32)12-28-21(23(2,3)4)17-7-9-19(10-8-17)24(25,26)27/h7-11,13-14,16,21,28,31H,1,5-6,12H2,2-4H3,(H,29,30,32). The molecule has 8 heteroatoms. The van der Waals surface area contributed by atoms with Crippen molar-refractivity contribution in [2.24, 2.45) is 5.41 Å². The van der Waals surface area contributed by atoms with Gasteiger partial charge < -0.3 is 16.0 Å². The van der Waals surface area contributed by atoms with E-state index in [-0.39, 0.29) is 11.5 Å². The average molecular weight is 447 g/mol. The predicted octanol–water partition coefficient (Wildman–Crippen LogP) is 5.85. The van der Waals surface area contributed by atoms with E-state index in [1.54, 1.807) is 6.20 Å². The van der Waals surface area contributed by atoms with Crippen molar-refractivity contribution in [3.63, 3.8) is 0 Å². The lowest BCUT2D eigenvalue weighted by molar-refractivity contribution is -0.137. The first-order valence-corrected chi connectivity index (χ1v) is 10.5. The SMILES string of the molecule is C=C(CNC(c1ccc(C(F)(F)F)cc1)C(C)(C)C)Nc1cc(C2CC2)cnc1NC=O. The highest BCUT2D eigenvalue weighted by atomic mass is 19.4. The zero-order chi connectivity index (χ0) is 23.5. The van der Waals surface area contributed by atoms with Gasteiger partial charge in [-0.2, -0.15) is 13.2 Å². The summed E-state index contributed by atoms with van der Waals surface area (Å²) in [6.45, 7) is 10.5. The van der Waals surface area contributed by atoms with E-state index in [0.717, 1.165) is 36.1 Å². The molecule has 32 heavy (non-hydrogen) atoms. The van der Waals surface area contributed by atoms with Crippen molar-refractivity contribution < 1.29 is 18.0 Å². The molecule has 172 valence electrons. The molecule has 1 fully saturated rings. The molecule has 0 aliphatic heterocycles. The Morgan fingerprint density at radius 2 is 1.88 bits per heavy atom. The van der Waals surface area contributed by atoms with E-state index in [2.05, 4.69) is 27.5 Å². The molecule has 3 rings (SSSR count). The molecule has 5 nitrogen and oxygen atoms in total. The molecule has 0 spiro atoms. The molecule has 1 unspecified atom stereocenters. The van der Waals surface area contributed by atoms with Gasteiger partial charge in [-0.1, -0.05) is 39.5 Å². The van der Waals surface area contributed by atoms with Gasteiger partial charge in [-0.15, -0.1) is 0 Å². The van der Waals surface area contributed by atoms with Crippen LogP contribution in [0.2, 0.25) is 0 Å². The molecule has 0 saturated heterocycles. The number of hydrogen-bond donors (Lipinski definition) is 3. The summed E-state index contributed by atoms with van der Waals surface area (Å²) in [5.74, 6) is 0.922. The second kappa shape index (κ2) is 9.32. The Labute approximate surface area is 186 Å². The third-order valence-corrected chi connectivity index (χ3v) is 5.42. The van der Waals surface area contributed by atoms with Crippen LogP contribution in [0.25, 0.3) is 0 Å². The van der Waals surface area contributed by atoms with Gasteiger partial charge in [0.15, 0.2) is 5.82 Å². The normalized spacial score (nSPS) is 15.2. The monoisotopic (exact) mass is 446 g/mol. The lowest BCUT2D eigenvalue weighted by Crippen LogP contribution is -2.34. The molecular weight excluding hydrogens is 417 g/mol. The summed E-state index contributed by atoms with van der Waals surface area (Å²) >= 11 is 0. The van der Waals surface area contributed by atoms with Crippen LogP contribution in [-0.4, -0.2) is 17.9 Å². The Kier molecular flexibility index (Phi) is 6.93. The molecule has 1 aromatic carbocycles. The van der Waals surface area contributed by atoms with E-state index in [1.807, 2.05) is 26.8 Å². The van der Waals surface area contributed by atoms with Gasteiger partial charge in [0.1, 0.15) is 0 Å². The van der Waals surface area contributed by atoms with Crippen LogP contribution in [-0.2, 0) is 11.0 Å². The Morgan fingerprint density at radius 1 is 1.22 bits per heavy atom. The Bertz CT molecular complexity index is 961. The van der Waals surface area contributed by atoms with Gasteiger partial charge >= 0.3 is 6.18 Å². The molecule has 0 bridgehead atoms. The van der Waals surface area contributed by atoms with Crippen molar-refractivity contribution in [1.82, 2.24) is 10.3 Å². The summed E-state index contributed by atoms with van der Waals surface area (Å²) in [5, 5.41) is 9.21. The molecule has 1 aromatic heterocycles. The lowest BCUT2D eigenvalue weighted by atomic mass is 9.82. The number of halogens is 3. The average Bonchev–Trinajstić information content (AvgIpc) is 3.53. The minimum absolute atomic E-state index is 0.202. The Morgan fingerprint density at radius 3 is 2.41 bits per heavy atom. The minimum atomic E-state index is -4.36. The van der Waals surface area contributed by atoms with E-state index < -0.39 is 11.7 Å². The molecule has 0 radical (unpaired) electrons. The highest BCUT2D eigenvalue weighted by molar-refractivity contribution is 5.79. The summed E-state index contributed by atoms with van der Waals surface area (Å²) in [6, 6.07) is 7.00. The van der Waals surface area contributed by atoms with Gasteiger partial charge in [-0.25, -0.2) is 4.98 Å². The summed E-state index contributed by atoms with van der Waals surface area (Å²) in [7, 11) is 0.